The van der Waals surface area contributed by atoms with Crippen LogP contribution in [0.4, 0.5) is 5.69 Å². The van der Waals surface area contributed by atoms with Gasteiger partial charge >= 0.3 is 0 Å². The van der Waals surface area contributed by atoms with Crippen LogP contribution in [0.15, 0.2) is 22.0 Å². The highest BCUT2D eigenvalue weighted by molar-refractivity contribution is 9.10. The van der Waals surface area contributed by atoms with Crippen LogP contribution >= 0.6 is 38.9 Å². The average Bonchev–Trinajstić information content (AvgIpc) is 2.75. The zero-order chi connectivity index (χ0) is 14.0. The van der Waals surface area contributed by atoms with E-state index in [0.717, 1.165) is 26.6 Å². The molecule has 1 unspecified atom stereocenters. The van der Waals surface area contributed by atoms with E-state index in [1.54, 1.807) is 18.4 Å². The predicted octanol–water partition coefficient (Wildman–Crippen LogP) is 5.05. The Hall–Kier alpha value is -0.780. The van der Waals surface area contributed by atoms with Crippen molar-refractivity contribution in [3.05, 3.63) is 37.7 Å². The molecule has 1 aromatic heterocycles. The highest BCUT2D eigenvalue weighted by Gasteiger charge is 2.14. The largest absolute Gasteiger partial charge is 0.493 e. The van der Waals surface area contributed by atoms with Crippen LogP contribution < -0.4 is 10.1 Å². The molecule has 0 spiro atoms. The van der Waals surface area contributed by atoms with Gasteiger partial charge in [0.05, 0.1) is 34.0 Å². The van der Waals surface area contributed by atoms with E-state index in [1.165, 1.54) is 0 Å². The number of hydrogen-bond donors (Lipinski definition) is 1. The second kappa shape index (κ2) is 6.11. The molecule has 0 saturated carbocycles. The Kier molecular flexibility index (Phi) is 4.71. The first-order valence-corrected chi connectivity index (χ1v) is 7.78. The minimum absolute atomic E-state index is 0.0872. The van der Waals surface area contributed by atoms with Crippen molar-refractivity contribution in [1.29, 1.82) is 0 Å². The summed E-state index contributed by atoms with van der Waals surface area (Å²) in [6.45, 7) is 4.06. The zero-order valence-electron chi connectivity index (χ0n) is 10.8. The minimum atomic E-state index is 0.0872. The maximum absolute atomic E-state index is 6.07. The van der Waals surface area contributed by atoms with Crippen LogP contribution in [0.2, 0.25) is 5.02 Å². The lowest BCUT2D eigenvalue weighted by Crippen LogP contribution is -2.08. The Labute approximate surface area is 130 Å². The third kappa shape index (κ3) is 3.41. The molecule has 2 rings (SSSR count). The highest BCUT2D eigenvalue weighted by Crippen LogP contribution is 2.37. The van der Waals surface area contributed by atoms with E-state index >= 15 is 0 Å². The van der Waals surface area contributed by atoms with Gasteiger partial charge in [-0.25, -0.2) is 4.98 Å². The molecule has 3 nitrogen and oxygen atoms in total. The average molecular weight is 362 g/mol. The molecule has 1 atom stereocenters. The Morgan fingerprint density at radius 2 is 2.21 bits per heavy atom. The Morgan fingerprint density at radius 1 is 1.47 bits per heavy atom. The second-order valence-corrected chi connectivity index (χ2v) is 6.48. The summed E-state index contributed by atoms with van der Waals surface area (Å²) in [6.07, 6.45) is 0. The van der Waals surface area contributed by atoms with Gasteiger partial charge in [-0.1, -0.05) is 11.6 Å². The minimum Gasteiger partial charge on any atom is -0.493 e. The van der Waals surface area contributed by atoms with E-state index in [2.05, 4.69) is 38.5 Å². The monoisotopic (exact) mass is 360 g/mol. The maximum atomic E-state index is 6.07. The van der Waals surface area contributed by atoms with Crippen molar-refractivity contribution in [3.63, 3.8) is 0 Å². The van der Waals surface area contributed by atoms with Crippen LogP contribution in [0.5, 0.6) is 5.75 Å². The normalized spacial score (nSPS) is 12.3. The number of rotatable bonds is 4. The number of aromatic nitrogens is 1. The number of anilines is 1. The second-order valence-electron chi connectivity index (χ2n) is 4.13. The molecule has 2 aromatic rings. The molecule has 6 heteroatoms. The van der Waals surface area contributed by atoms with Gasteiger partial charge in [0.15, 0.2) is 5.75 Å². The topological polar surface area (TPSA) is 34.1 Å². The van der Waals surface area contributed by atoms with Gasteiger partial charge in [0.25, 0.3) is 0 Å². The van der Waals surface area contributed by atoms with Gasteiger partial charge in [0, 0.05) is 10.4 Å². The van der Waals surface area contributed by atoms with E-state index in [-0.39, 0.29) is 6.04 Å². The SMILES string of the molecule is COc1c(Br)cc(Cl)cc1NC(C)c1csc(C)n1. The smallest absolute Gasteiger partial charge is 0.156 e. The van der Waals surface area contributed by atoms with Crippen molar-refractivity contribution in [2.75, 3.05) is 12.4 Å². The van der Waals surface area contributed by atoms with Gasteiger partial charge < -0.3 is 10.1 Å². The number of hydrogen-bond acceptors (Lipinski definition) is 4. The first-order valence-electron chi connectivity index (χ1n) is 5.73. The summed E-state index contributed by atoms with van der Waals surface area (Å²) < 4.78 is 6.21. The van der Waals surface area contributed by atoms with Gasteiger partial charge in [-0.3, -0.25) is 0 Å². The summed E-state index contributed by atoms with van der Waals surface area (Å²) in [7, 11) is 1.64. The first kappa shape index (κ1) is 14.6. The first-order chi connectivity index (χ1) is 9.01. The molecule has 0 bridgehead atoms. The van der Waals surface area contributed by atoms with Gasteiger partial charge in [-0.05, 0) is 41.9 Å². The number of halogens is 2. The molecule has 0 aliphatic heterocycles. The molecule has 1 N–H and O–H groups in total. The quantitative estimate of drug-likeness (QED) is 0.827. The molecule has 1 aromatic carbocycles. The lowest BCUT2D eigenvalue weighted by molar-refractivity contribution is 0.413. The standard InChI is InChI=1S/C13H14BrClN2OS/c1-7(12-6-19-8(2)17-12)16-11-5-9(15)4-10(14)13(11)18-3/h4-7,16H,1-3H3. The van der Waals surface area contributed by atoms with E-state index in [9.17, 15) is 0 Å². The lowest BCUT2D eigenvalue weighted by Gasteiger charge is -2.17. The number of nitrogens with zero attached hydrogens (tertiary/aromatic N) is 1. The zero-order valence-corrected chi connectivity index (χ0v) is 14.0. The highest BCUT2D eigenvalue weighted by atomic mass is 79.9. The molecule has 0 fully saturated rings. The van der Waals surface area contributed by atoms with Crippen LogP contribution in [0.1, 0.15) is 23.7 Å². The van der Waals surface area contributed by atoms with E-state index < -0.39 is 0 Å². The Morgan fingerprint density at radius 3 is 2.79 bits per heavy atom. The van der Waals surface area contributed by atoms with Gasteiger partial charge in [0.1, 0.15) is 0 Å². The van der Waals surface area contributed by atoms with Gasteiger partial charge in [0.2, 0.25) is 0 Å². The van der Waals surface area contributed by atoms with Gasteiger partial charge in [-0.2, -0.15) is 0 Å². The third-order valence-corrected chi connectivity index (χ3v) is 4.26. The van der Waals surface area contributed by atoms with Crippen molar-refractivity contribution in [2.45, 2.75) is 19.9 Å². The van der Waals surface area contributed by atoms with Crippen molar-refractivity contribution in [2.24, 2.45) is 0 Å². The molecule has 19 heavy (non-hydrogen) atoms. The molecular formula is C13H14BrClN2OS. The fourth-order valence-electron chi connectivity index (χ4n) is 1.76. The summed E-state index contributed by atoms with van der Waals surface area (Å²) in [5, 5.41) is 7.14. The molecule has 0 amide bonds. The predicted molar refractivity (Wildman–Crippen MR) is 84.6 cm³/mol. The van der Waals surface area contributed by atoms with Crippen molar-refractivity contribution >= 4 is 44.6 Å². The van der Waals surface area contributed by atoms with Crippen LogP contribution in [0, 0.1) is 6.92 Å². The number of thiazole rings is 1. The number of benzene rings is 1. The number of nitrogens with one attached hydrogen (secondary N) is 1. The summed E-state index contributed by atoms with van der Waals surface area (Å²) in [6, 6.07) is 3.74. The number of methoxy groups -OCH3 is 1. The van der Waals surface area contributed by atoms with Gasteiger partial charge in [-0.15, -0.1) is 11.3 Å². The third-order valence-electron chi connectivity index (χ3n) is 2.66. The molecule has 1 heterocycles. The maximum Gasteiger partial charge on any atom is 0.156 e. The molecular weight excluding hydrogens is 348 g/mol. The Bertz CT molecular complexity index is 588. The molecule has 0 radical (unpaired) electrons. The van der Waals surface area contributed by atoms with E-state index in [0.29, 0.717) is 5.02 Å². The Balaban J connectivity index is 2.27. The number of ether oxygens (including phenoxy) is 1. The molecule has 102 valence electrons. The van der Waals surface area contributed by atoms with Crippen molar-refractivity contribution in [1.82, 2.24) is 4.98 Å². The molecule has 0 saturated heterocycles. The van der Waals surface area contributed by atoms with Crippen LogP contribution in [-0.4, -0.2) is 12.1 Å². The summed E-state index contributed by atoms with van der Waals surface area (Å²) in [5.74, 6) is 0.739. The van der Waals surface area contributed by atoms with Crippen molar-refractivity contribution < 1.29 is 4.74 Å². The summed E-state index contributed by atoms with van der Waals surface area (Å²) in [5.41, 5.74) is 1.86. The summed E-state index contributed by atoms with van der Waals surface area (Å²) in [4.78, 5) is 4.48. The van der Waals surface area contributed by atoms with Crippen LogP contribution in [0.25, 0.3) is 0 Å². The molecule has 0 aliphatic rings. The summed E-state index contributed by atoms with van der Waals surface area (Å²) >= 11 is 11.2. The van der Waals surface area contributed by atoms with Crippen LogP contribution in [-0.2, 0) is 0 Å². The van der Waals surface area contributed by atoms with Crippen LogP contribution in [0.3, 0.4) is 0 Å². The fourth-order valence-corrected chi connectivity index (χ4v) is 3.44. The van der Waals surface area contributed by atoms with Crippen molar-refractivity contribution in [3.8, 4) is 5.75 Å². The molecule has 0 aliphatic carbocycles. The van der Waals surface area contributed by atoms with E-state index in [4.69, 9.17) is 16.3 Å². The van der Waals surface area contributed by atoms with E-state index in [1.807, 2.05) is 19.1 Å². The fraction of sp³-hybridized carbons (Fsp3) is 0.308. The lowest BCUT2D eigenvalue weighted by atomic mass is 10.2. The number of aryl methyl sites for hydroxylation is 1.